The van der Waals surface area contributed by atoms with Gasteiger partial charge in [0.15, 0.2) is 5.65 Å². The number of carbonyl (C=O) groups is 2. The molecule has 2 aromatic heterocycles. The number of hydrogen-bond donors (Lipinski definition) is 0. The monoisotopic (exact) mass is 322 g/mol. The molecule has 3 rings (SSSR count). The fourth-order valence-electron chi connectivity index (χ4n) is 2.16. The van der Waals surface area contributed by atoms with Gasteiger partial charge < -0.3 is 9.47 Å². The molecule has 8 nitrogen and oxygen atoms in total. The molecule has 118 valence electrons. The van der Waals surface area contributed by atoms with E-state index in [0.717, 1.165) is 4.52 Å². The number of nitrogens with zero attached hydrogens (tertiary/aromatic N) is 4. The molecule has 8 heteroatoms. The van der Waals surface area contributed by atoms with Gasteiger partial charge >= 0.3 is 11.9 Å². The largest absolute Gasteiger partial charge is 0.463 e. The molecule has 0 aliphatic heterocycles. The molecule has 0 radical (unpaired) electrons. The van der Waals surface area contributed by atoms with Crippen molar-refractivity contribution in [3.8, 4) is 11.8 Å². The minimum absolute atomic E-state index is 0.0117. The fraction of sp³-hybridized carbons (Fsp3) is 0.0625. The number of methoxy groups -OCH3 is 1. The van der Waals surface area contributed by atoms with Crippen molar-refractivity contribution in [1.29, 1.82) is 5.26 Å². The summed E-state index contributed by atoms with van der Waals surface area (Å²) in [5, 5.41) is 13.3. The first-order valence-electron chi connectivity index (χ1n) is 6.73. The second-order valence-electron chi connectivity index (χ2n) is 4.67. The van der Waals surface area contributed by atoms with Crippen LogP contribution in [0.2, 0.25) is 0 Å². The molecule has 0 saturated heterocycles. The summed E-state index contributed by atoms with van der Waals surface area (Å²) in [4.78, 5) is 28.0. The van der Waals surface area contributed by atoms with Crippen LogP contribution in [0.1, 0.15) is 26.5 Å². The number of benzene rings is 1. The molecule has 0 amide bonds. The minimum Gasteiger partial charge on any atom is -0.463 e. The number of para-hydroxylation sites is 1. The van der Waals surface area contributed by atoms with Crippen LogP contribution in [-0.2, 0) is 4.74 Å². The summed E-state index contributed by atoms with van der Waals surface area (Å²) in [6.45, 7) is 3.71. The summed E-state index contributed by atoms with van der Waals surface area (Å²) in [6, 6.07) is 10.3. The Morgan fingerprint density at radius 3 is 2.58 bits per heavy atom. The molecule has 24 heavy (non-hydrogen) atoms. The standard InChI is InChI=1S/C16H10N4O4/c1-9-11(8-17)12(15(21)24-10-6-4-3-5-7-10)14-18-13(16(22)23-2)19-20(9)14/h3-7H,1H2,2H3. The van der Waals surface area contributed by atoms with Crippen LogP contribution in [0.3, 0.4) is 0 Å². The zero-order valence-corrected chi connectivity index (χ0v) is 12.5. The summed E-state index contributed by atoms with van der Waals surface area (Å²) < 4.78 is 10.9. The highest BCUT2D eigenvalue weighted by atomic mass is 16.5. The molecule has 0 N–H and O–H groups in total. The maximum atomic E-state index is 12.5. The highest BCUT2D eigenvalue weighted by molar-refractivity contribution is 6.00. The van der Waals surface area contributed by atoms with Crippen LogP contribution >= 0.6 is 0 Å². The van der Waals surface area contributed by atoms with Gasteiger partial charge in [0, 0.05) is 0 Å². The maximum Gasteiger partial charge on any atom is 0.377 e. The number of esters is 2. The van der Waals surface area contributed by atoms with Crippen LogP contribution in [0.15, 0.2) is 30.3 Å². The van der Waals surface area contributed by atoms with E-state index < -0.39 is 11.9 Å². The van der Waals surface area contributed by atoms with Crippen molar-refractivity contribution in [3.63, 3.8) is 0 Å². The Morgan fingerprint density at radius 1 is 1.25 bits per heavy atom. The summed E-state index contributed by atoms with van der Waals surface area (Å²) >= 11 is 0. The van der Waals surface area contributed by atoms with Crippen molar-refractivity contribution in [2.45, 2.75) is 0 Å². The smallest absolute Gasteiger partial charge is 0.377 e. The van der Waals surface area contributed by atoms with Crippen molar-refractivity contribution < 1.29 is 19.1 Å². The lowest BCUT2D eigenvalue weighted by atomic mass is 10.2. The number of nitriles is 1. The van der Waals surface area contributed by atoms with E-state index in [9.17, 15) is 14.9 Å². The Hall–Kier alpha value is -3.73. The maximum absolute atomic E-state index is 12.5. The van der Waals surface area contributed by atoms with Crippen molar-refractivity contribution in [3.05, 3.63) is 52.6 Å². The third-order valence-electron chi connectivity index (χ3n) is 3.26. The quantitative estimate of drug-likeness (QED) is 0.517. The van der Waals surface area contributed by atoms with Gasteiger partial charge in [-0.25, -0.2) is 19.1 Å². The second-order valence-corrected chi connectivity index (χ2v) is 4.67. The Balaban J connectivity index is 2.13. The van der Waals surface area contributed by atoms with Gasteiger partial charge in [-0.15, -0.1) is 5.10 Å². The van der Waals surface area contributed by atoms with Gasteiger partial charge in [0.05, 0.1) is 18.0 Å². The number of rotatable bonds is 3. The molecule has 0 atom stereocenters. The van der Waals surface area contributed by atoms with E-state index in [4.69, 9.17) is 4.74 Å². The number of carbonyl (C=O) groups excluding carboxylic acids is 2. The van der Waals surface area contributed by atoms with Gasteiger partial charge in [-0.05, 0) is 12.1 Å². The number of hydrogen-bond acceptors (Lipinski definition) is 7. The number of ether oxygens (including phenoxy) is 2. The van der Waals surface area contributed by atoms with Gasteiger partial charge in [0.1, 0.15) is 17.4 Å². The Kier molecular flexibility index (Phi) is 3.67. The first kappa shape index (κ1) is 15.2. The van der Waals surface area contributed by atoms with E-state index >= 15 is 0 Å². The van der Waals surface area contributed by atoms with Crippen LogP contribution < -0.4 is 10.1 Å². The Bertz CT molecular complexity index is 1030. The molecule has 0 fully saturated rings. The third-order valence-corrected chi connectivity index (χ3v) is 3.26. The van der Waals surface area contributed by atoms with Crippen LogP contribution in [0.4, 0.5) is 0 Å². The molecule has 2 heterocycles. The molecule has 0 aliphatic rings. The van der Waals surface area contributed by atoms with Crippen molar-refractivity contribution in [1.82, 2.24) is 14.6 Å². The summed E-state index contributed by atoms with van der Waals surface area (Å²) in [6.07, 6.45) is 0. The first-order chi connectivity index (χ1) is 11.6. The molecule has 0 aliphatic carbocycles. The highest BCUT2D eigenvalue weighted by Crippen LogP contribution is 2.17. The zero-order chi connectivity index (χ0) is 17.3. The minimum atomic E-state index is -0.790. The fourth-order valence-corrected chi connectivity index (χ4v) is 2.16. The van der Waals surface area contributed by atoms with E-state index in [2.05, 4.69) is 21.4 Å². The second kappa shape index (κ2) is 5.81. The average Bonchev–Trinajstić information content (AvgIpc) is 3.13. The van der Waals surface area contributed by atoms with Crippen LogP contribution in [0, 0.1) is 11.3 Å². The molecule has 3 aromatic rings. The lowest BCUT2D eigenvalue weighted by Gasteiger charge is -2.02. The molecular weight excluding hydrogens is 312 g/mol. The van der Waals surface area contributed by atoms with E-state index in [1.807, 2.05) is 6.07 Å². The van der Waals surface area contributed by atoms with Gasteiger partial charge in [-0.3, -0.25) is 0 Å². The lowest BCUT2D eigenvalue weighted by molar-refractivity contribution is 0.0586. The van der Waals surface area contributed by atoms with Gasteiger partial charge in [0.2, 0.25) is 0 Å². The summed E-state index contributed by atoms with van der Waals surface area (Å²) in [5.74, 6) is -1.49. The molecule has 0 bridgehead atoms. The SMILES string of the molecule is C=c1c(C#N)c(C(=O)Oc2ccccc2)c2nc(C(=O)OC)nn12. The van der Waals surface area contributed by atoms with Gasteiger partial charge in [0.25, 0.3) is 5.82 Å². The van der Waals surface area contributed by atoms with Crippen molar-refractivity contribution >= 4 is 24.2 Å². The van der Waals surface area contributed by atoms with Crippen LogP contribution in [0.25, 0.3) is 12.2 Å². The highest BCUT2D eigenvalue weighted by Gasteiger charge is 2.27. The molecular formula is C16H10N4O4. The summed E-state index contributed by atoms with van der Waals surface area (Å²) in [5.41, 5.74) is -0.103. The lowest BCUT2D eigenvalue weighted by Crippen LogP contribution is -2.15. The molecule has 0 spiro atoms. The van der Waals surface area contributed by atoms with E-state index in [-0.39, 0.29) is 27.9 Å². The topological polar surface area (TPSA) is 107 Å². The van der Waals surface area contributed by atoms with E-state index in [1.165, 1.54) is 7.11 Å². The molecule has 1 aromatic carbocycles. The van der Waals surface area contributed by atoms with Gasteiger partial charge in [-0.2, -0.15) is 5.26 Å². The third kappa shape index (κ3) is 2.34. The van der Waals surface area contributed by atoms with Crippen LogP contribution in [-0.4, -0.2) is 33.6 Å². The molecule has 0 saturated carbocycles. The Labute approximate surface area is 135 Å². The van der Waals surface area contributed by atoms with Gasteiger partial charge in [-0.1, -0.05) is 24.8 Å². The number of fused-ring (bicyclic) bond motifs is 1. The zero-order valence-electron chi connectivity index (χ0n) is 12.5. The van der Waals surface area contributed by atoms with Crippen molar-refractivity contribution in [2.75, 3.05) is 7.11 Å². The van der Waals surface area contributed by atoms with Crippen LogP contribution in [0.5, 0.6) is 5.75 Å². The van der Waals surface area contributed by atoms with E-state index in [0.29, 0.717) is 5.75 Å². The Morgan fingerprint density at radius 2 is 1.96 bits per heavy atom. The van der Waals surface area contributed by atoms with E-state index in [1.54, 1.807) is 30.3 Å². The first-order valence-corrected chi connectivity index (χ1v) is 6.73. The predicted molar refractivity (Wildman–Crippen MR) is 81.2 cm³/mol. The molecule has 0 unspecified atom stereocenters. The van der Waals surface area contributed by atoms with Crippen molar-refractivity contribution in [2.24, 2.45) is 0 Å². The number of aromatic nitrogens is 3. The predicted octanol–water partition coefficient (Wildman–Crippen LogP) is 0.736. The average molecular weight is 322 g/mol. The normalized spacial score (nSPS) is 10.3. The summed E-state index contributed by atoms with van der Waals surface area (Å²) in [7, 11) is 1.18.